The summed E-state index contributed by atoms with van der Waals surface area (Å²) in [6, 6.07) is 13.3. The van der Waals surface area contributed by atoms with E-state index in [4.69, 9.17) is 16.3 Å². The van der Waals surface area contributed by atoms with E-state index in [1.54, 1.807) is 12.1 Å². The van der Waals surface area contributed by atoms with E-state index in [-0.39, 0.29) is 12.5 Å². The number of imidazole rings is 1. The first-order valence-corrected chi connectivity index (χ1v) is 8.50. The molecule has 6 heteroatoms. The zero-order valence-electron chi connectivity index (χ0n) is 14.3. The van der Waals surface area contributed by atoms with E-state index < -0.39 is 0 Å². The predicted octanol–water partition coefficient (Wildman–Crippen LogP) is 3.50. The number of nitrogens with one attached hydrogen (secondary N) is 1. The number of carbonyl (C=O) groups is 1. The number of fused-ring (bicyclic) bond motifs is 1. The summed E-state index contributed by atoms with van der Waals surface area (Å²) < 4.78 is 7.59. The lowest BCUT2D eigenvalue weighted by atomic mass is 10.2. The molecule has 0 saturated carbocycles. The van der Waals surface area contributed by atoms with Crippen LogP contribution in [-0.4, -0.2) is 28.6 Å². The average molecular weight is 358 g/mol. The van der Waals surface area contributed by atoms with Crippen molar-refractivity contribution in [3.8, 4) is 5.75 Å². The number of nitrogens with zero attached hydrogens (tertiary/aromatic N) is 2. The summed E-state index contributed by atoms with van der Waals surface area (Å²) in [6.07, 6.45) is 0. The number of aryl methyl sites for hydroxylation is 2. The molecule has 0 spiro atoms. The number of carbonyl (C=O) groups excluding carboxylic acids is 1. The van der Waals surface area contributed by atoms with Crippen molar-refractivity contribution in [3.05, 3.63) is 58.9 Å². The van der Waals surface area contributed by atoms with Gasteiger partial charge in [0.15, 0.2) is 6.61 Å². The number of rotatable bonds is 6. The first-order valence-electron chi connectivity index (χ1n) is 8.12. The summed E-state index contributed by atoms with van der Waals surface area (Å²) in [4.78, 5) is 16.5. The molecule has 130 valence electrons. The minimum atomic E-state index is -0.158. The Morgan fingerprint density at radius 2 is 2.04 bits per heavy atom. The van der Waals surface area contributed by atoms with Crippen LogP contribution < -0.4 is 10.1 Å². The molecule has 1 amide bonds. The molecule has 0 aliphatic rings. The Bertz CT molecular complexity index is 905. The molecule has 0 atom stereocenters. The van der Waals surface area contributed by atoms with Gasteiger partial charge >= 0.3 is 0 Å². The molecule has 1 aromatic heterocycles. The van der Waals surface area contributed by atoms with Crippen LogP contribution in [0, 0.1) is 13.8 Å². The molecule has 5 nitrogen and oxygen atoms in total. The van der Waals surface area contributed by atoms with E-state index in [1.165, 1.54) is 0 Å². The molecule has 3 aromatic rings. The van der Waals surface area contributed by atoms with E-state index in [1.807, 2.05) is 44.2 Å². The highest BCUT2D eigenvalue weighted by Gasteiger charge is 2.08. The zero-order chi connectivity index (χ0) is 17.8. The van der Waals surface area contributed by atoms with Crippen molar-refractivity contribution in [2.24, 2.45) is 0 Å². The molecule has 0 unspecified atom stereocenters. The third-order valence-electron chi connectivity index (χ3n) is 4.00. The maximum atomic E-state index is 12.0. The summed E-state index contributed by atoms with van der Waals surface area (Å²) in [5.74, 6) is 1.41. The van der Waals surface area contributed by atoms with Gasteiger partial charge in [0.2, 0.25) is 0 Å². The highest BCUT2D eigenvalue weighted by Crippen LogP contribution is 2.20. The number of aromatic nitrogens is 2. The van der Waals surface area contributed by atoms with Gasteiger partial charge in [0.25, 0.3) is 5.91 Å². The van der Waals surface area contributed by atoms with Crippen LogP contribution in [-0.2, 0) is 11.3 Å². The van der Waals surface area contributed by atoms with Crippen molar-refractivity contribution in [1.29, 1.82) is 0 Å². The Morgan fingerprint density at radius 1 is 1.24 bits per heavy atom. The Morgan fingerprint density at radius 3 is 2.84 bits per heavy atom. The summed E-state index contributed by atoms with van der Waals surface area (Å²) >= 11 is 5.97. The molecule has 25 heavy (non-hydrogen) atoms. The molecule has 1 N–H and O–H groups in total. The van der Waals surface area contributed by atoms with Gasteiger partial charge in [-0.2, -0.15) is 0 Å². The summed E-state index contributed by atoms with van der Waals surface area (Å²) in [6.45, 7) is 5.02. The van der Waals surface area contributed by atoms with Crippen molar-refractivity contribution in [1.82, 2.24) is 14.9 Å². The summed E-state index contributed by atoms with van der Waals surface area (Å²) in [5, 5.41) is 3.55. The van der Waals surface area contributed by atoms with Crippen LogP contribution in [0.1, 0.15) is 11.4 Å². The number of hydrogen-bond acceptors (Lipinski definition) is 3. The second kappa shape index (κ2) is 7.57. The van der Waals surface area contributed by atoms with E-state index in [9.17, 15) is 4.79 Å². The lowest BCUT2D eigenvalue weighted by Crippen LogP contribution is -2.31. The SMILES string of the molecule is Cc1cc(OCC(=O)NCCn2c(C)nc3ccccc32)ccc1Cl. The van der Waals surface area contributed by atoms with Crippen LogP contribution in [0.3, 0.4) is 0 Å². The third-order valence-corrected chi connectivity index (χ3v) is 4.43. The van der Waals surface area contributed by atoms with E-state index >= 15 is 0 Å². The van der Waals surface area contributed by atoms with Crippen LogP contribution in [0.5, 0.6) is 5.75 Å². The fourth-order valence-electron chi connectivity index (χ4n) is 2.69. The van der Waals surface area contributed by atoms with Gasteiger partial charge in [-0.3, -0.25) is 4.79 Å². The van der Waals surface area contributed by atoms with Gasteiger partial charge in [-0.25, -0.2) is 4.98 Å². The maximum absolute atomic E-state index is 12.0. The molecular formula is C19H20ClN3O2. The minimum absolute atomic E-state index is 0.0231. The van der Waals surface area contributed by atoms with Crippen molar-refractivity contribution in [3.63, 3.8) is 0 Å². The first kappa shape index (κ1) is 17.3. The van der Waals surface area contributed by atoms with Crippen molar-refractivity contribution in [2.45, 2.75) is 20.4 Å². The fraction of sp³-hybridized carbons (Fsp3) is 0.263. The van der Waals surface area contributed by atoms with Gasteiger partial charge in [0.1, 0.15) is 11.6 Å². The van der Waals surface area contributed by atoms with Gasteiger partial charge in [0.05, 0.1) is 11.0 Å². The topological polar surface area (TPSA) is 56.1 Å². The molecule has 0 aliphatic carbocycles. The fourth-order valence-corrected chi connectivity index (χ4v) is 2.81. The van der Waals surface area contributed by atoms with Crippen LogP contribution in [0.25, 0.3) is 11.0 Å². The van der Waals surface area contributed by atoms with Gasteiger partial charge in [-0.1, -0.05) is 23.7 Å². The smallest absolute Gasteiger partial charge is 0.258 e. The zero-order valence-corrected chi connectivity index (χ0v) is 15.0. The Hall–Kier alpha value is -2.53. The van der Waals surface area contributed by atoms with Crippen LogP contribution in [0.4, 0.5) is 0 Å². The second-order valence-electron chi connectivity index (χ2n) is 5.85. The lowest BCUT2D eigenvalue weighted by Gasteiger charge is -2.10. The van der Waals surface area contributed by atoms with E-state index in [0.29, 0.717) is 23.9 Å². The predicted molar refractivity (Wildman–Crippen MR) is 99.2 cm³/mol. The molecule has 0 radical (unpaired) electrons. The molecule has 0 aliphatic heterocycles. The lowest BCUT2D eigenvalue weighted by molar-refractivity contribution is -0.123. The molecule has 3 rings (SSSR count). The first-order chi connectivity index (χ1) is 12.0. The molecule has 0 fully saturated rings. The van der Waals surface area contributed by atoms with Gasteiger partial charge in [-0.15, -0.1) is 0 Å². The average Bonchev–Trinajstić information content (AvgIpc) is 2.92. The Kier molecular flexibility index (Phi) is 5.24. The van der Waals surface area contributed by atoms with Crippen LogP contribution in [0.2, 0.25) is 5.02 Å². The van der Waals surface area contributed by atoms with Gasteiger partial charge in [0, 0.05) is 18.1 Å². The van der Waals surface area contributed by atoms with Gasteiger partial charge in [-0.05, 0) is 49.7 Å². The number of halogens is 1. The molecule has 0 saturated heterocycles. The van der Waals surface area contributed by atoms with Crippen molar-refractivity contribution >= 4 is 28.5 Å². The summed E-state index contributed by atoms with van der Waals surface area (Å²) in [7, 11) is 0. The maximum Gasteiger partial charge on any atom is 0.258 e. The molecular weight excluding hydrogens is 338 g/mol. The van der Waals surface area contributed by atoms with E-state index in [2.05, 4.69) is 14.9 Å². The van der Waals surface area contributed by atoms with Crippen molar-refractivity contribution in [2.75, 3.05) is 13.2 Å². The monoisotopic (exact) mass is 357 g/mol. The standard InChI is InChI=1S/C19H20ClN3O2/c1-13-11-15(7-8-16(13)20)25-12-19(24)21-9-10-23-14(2)22-17-5-3-4-6-18(17)23/h3-8,11H,9-10,12H2,1-2H3,(H,21,24). The van der Waals surface area contributed by atoms with Crippen LogP contribution >= 0.6 is 11.6 Å². The number of amides is 1. The third kappa shape index (κ3) is 4.12. The Labute approximate surface area is 151 Å². The Balaban J connectivity index is 1.50. The molecule has 0 bridgehead atoms. The quantitative estimate of drug-likeness (QED) is 0.734. The number of hydrogen-bond donors (Lipinski definition) is 1. The highest BCUT2D eigenvalue weighted by atomic mass is 35.5. The number of ether oxygens (including phenoxy) is 1. The van der Waals surface area contributed by atoms with Crippen LogP contribution in [0.15, 0.2) is 42.5 Å². The number of benzene rings is 2. The normalized spacial score (nSPS) is 10.8. The molecule has 2 aromatic carbocycles. The largest absolute Gasteiger partial charge is 0.484 e. The van der Waals surface area contributed by atoms with Gasteiger partial charge < -0.3 is 14.6 Å². The molecule has 1 heterocycles. The highest BCUT2D eigenvalue weighted by molar-refractivity contribution is 6.31. The van der Waals surface area contributed by atoms with Crippen molar-refractivity contribution < 1.29 is 9.53 Å². The minimum Gasteiger partial charge on any atom is -0.484 e. The second-order valence-corrected chi connectivity index (χ2v) is 6.26. The number of para-hydroxylation sites is 2. The summed E-state index contributed by atoms with van der Waals surface area (Å²) in [5.41, 5.74) is 2.96. The van der Waals surface area contributed by atoms with E-state index in [0.717, 1.165) is 22.4 Å².